The SMILES string of the molecule is C/C=C\CC(=O)N1CCCC1c1ncc(-c2ccc(-c3ccc(/C(=C/N=C(\C)C(C)CCCC)CCCN)cc3)cc2)[nH]1. The Labute approximate surface area is 258 Å². The van der Waals surface area contributed by atoms with Crippen LogP contribution < -0.4 is 5.73 Å². The molecule has 3 N–H and O–H groups in total. The first-order chi connectivity index (χ1) is 20.9. The van der Waals surface area contributed by atoms with Crippen molar-refractivity contribution in [1.82, 2.24) is 14.9 Å². The Morgan fingerprint density at radius 1 is 1.12 bits per heavy atom. The van der Waals surface area contributed by atoms with E-state index in [1.54, 1.807) is 0 Å². The molecule has 6 nitrogen and oxygen atoms in total. The van der Waals surface area contributed by atoms with Crippen LogP contribution in [-0.4, -0.2) is 39.6 Å². The first kappa shape index (κ1) is 32.2. The summed E-state index contributed by atoms with van der Waals surface area (Å²) in [5.74, 6) is 1.53. The van der Waals surface area contributed by atoms with Crippen LogP contribution in [0, 0.1) is 5.92 Å². The van der Waals surface area contributed by atoms with E-state index in [-0.39, 0.29) is 11.9 Å². The number of unbranched alkanes of at least 4 members (excludes halogenated alkanes) is 1. The van der Waals surface area contributed by atoms with E-state index < -0.39 is 0 Å². The van der Waals surface area contributed by atoms with Crippen molar-refractivity contribution in [3.8, 4) is 22.4 Å². The van der Waals surface area contributed by atoms with Gasteiger partial charge in [0, 0.05) is 24.9 Å². The van der Waals surface area contributed by atoms with E-state index in [0.29, 0.717) is 18.9 Å². The highest BCUT2D eigenvalue weighted by Gasteiger charge is 2.31. The molecule has 0 spiro atoms. The van der Waals surface area contributed by atoms with E-state index in [9.17, 15) is 4.79 Å². The van der Waals surface area contributed by atoms with Crippen LogP contribution in [0.2, 0.25) is 0 Å². The Bertz CT molecular complexity index is 1400. The van der Waals surface area contributed by atoms with Gasteiger partial charge in [-0.25, -0.2) is 4.98 Å². The van der Waals surface area contributed by atoms with E-state index in [4.69, 9.17) is 10.7 Å². The molecule has 0 bridgehead atoms. The number of rotatable bonds is 14. The molecular formula is C37H49N5O. The Kier molecular flexibility index (Phi) is 12.1. The van der Waals surface area contributed by atoms with Crippen molar-refractivity contribution in [3.63, 3.8) is 0 Å². The number of hydrogen-bond acceptors (Lipinski definition) is 4. The van der Waals surface area contributed by atoms with E-state index >= 15 is 0 Å². The number of aromatic nitrogens is 2. The van der Waals surface area contributed by atoms with Gasteiger partial charge in [0.05, 0.1) is 17.9 Å². The van der Waals surface area contributed by atoms with Crippen LogP contribution in [-0.2, 0) is 4.79 Å². The van der Waals surface area contributed by atoms with Crippen LogP contribution >= 0.6 is 0 Å². The minimum atomic E-state index is 0.0205. The number of carbonyl (C=O) groups excluding carboxylic acids is 1. The second-order valence-corrected chi connectivity index (χ2v) is 11.7. The third kappa shape index (κ3) is 8.64. The number of hydrogen-bond donors (Lipinski definition) is 2. The minimum absolute atomic E-state index is 0.0205. The number of carbonyl (C=O) groups is 1. The molecule has 1 aliphatic heterocycles. The molecule has 228 valence electrons. The van der Waals surface area contributed by atoms with Crippen molar-refractivity contribution in [2.24, 2.45) is 16.6 Å². The number of allylic oxidation sites excluding steroid dienone is 2. The summed E-state index contributed by atoms with van der Waals surface area (Å²) in [6, 6.07) is 17.4. The quantitative estimate of drug-likeness (QED) is 0.148. The smallest absolute Gasteiger partial charge is 0.226 e. The summed E-state index contributed by atoms with van der Waals surface area (Å²) in [7, 11) is 0. The van der Waals surface area contributed by atoms with Gasteiger partial charge >= 0.3 is 0 Å². The van der Waals surface area contributed by atoms with Crippen molar-refractivity contribution in [1.29, 1.82) is 0 Å². The largest absolute Gasteiger partial charge is 0.340 e. The van der Waals surface area contributed by atoms with Crippen LogP contribution in [0.4, 0.5) is 0 Å². The van der Waals surface area contributed by atoms with Crippen molar-refractivity contribution in [3.05, 3.63) is 84.5 Å². The minimum Gasteiger partial charge on any atom is -0.340 e. The average molecular weight is 580 g/mol. The number of aromatic amines is 1. The van der Waals surface area contributed by atoms with Crippen LogP contribution in [0.25, 0.3) is 28.0 Å². The predicted molar refractivity (Wildman–Crippen MR) is 181 cm³/mol. The van der Waals surface area contributed by atoms with E-state index in [1.807, 2.05) is 30.2 Å². The Morgan fingerprint density at radius 3 is 2.49 bits per heavy atom. The highest BCUT2D eigenvalue weighted by molar-refractivity contribution is 5.85. The molecule has 1 aromatic heterocycles. The third-order valence-electron chi connectivity index (χ3n) is 8.58. The highest BCUT2D eigenvalue weighted by atomic mass is 16.2. The number of benzene rings is 2. The fourth-order valence-corrected chi connectivity index (χ4v) is 5.66. The molecule has 2 atom stereocenters. The van der Waals surface area contributed by atoms with Gasteiger partial charge in [-0.05, 0) is 86.2 Å². The normalized spacial score (nSPS) is 16.8. The molecule has 6 heteroatoms. The first-order valence-corrected chi connectivity index (χ1v) is 16.0. The van der Waals surface area contributed by atoms with E-state index in [1.165, 1.54) is 41.7 Å². The lowest BCUT2D eigenvalue weighted by atomic mass is 9.97. The number of imidazole rings is 1. The summed E-state index contributed by atoms with van der Waals surface area (Å²) in [4.78, 5) is 27.7. The van der Waals surface area contributed by atoms with Crippen molar-refractivity contribution < 1.29 is 4.79 Å². The number of H-pyrrole nitrogens is 1. The molecule has 1 amide bonds. The molecule has 0 radical (unpaired) electrons. The van der Waals surface area contributed by atoms with Crippen LogP contribution in [0.1, 0.15) is 96.5 Å². The number of nitrogens with zero attached hydrogens (tertiary/aromatic N) is 3. The Hall–Kier alpha value is -3.77. The highest BCUT2D eigenvalue weighted by Crippen LogP contribution is 2.33. The average Bonchev–Trinajstić information content (AvgIpc) is 3.73. The molecule has 2 unspecified atom stereocenters. The zero-order valence-corrected chi connectivity index (χ0v) is 26.5. The topological polar surface area (TPSA) is 87.4 Å². The summed E-state index contributed by atoms with van der Waals surface area (Å²) in [5, 5.41) is 0. The number of nitrogens with two attached hydrogens (primary N) is 1. The van der Waals surface area contributed by atoms with Crippen molar-refractivity contribution >= 4 is 17.2 Å². The molecule has 1 fully saturated rings. The van der Waals surface area contributed by atoms with E-state index in [0.717, 1.165) is 54.9 Å². The van der Waals surface area contributed by atoms with Crippen LogP contribution in [0.3, 0.4) is 0 Å². The number of likely N-dealkylation sites (tertiary alicyclic amines) is 1. The molecule has 1 aliphatic rings. The van der Waals surface area contributed by atoms with Crippen LogP contribution in [0.15, 0.2) is 78.1 Å². The van der Waals surface area contributed by atoms with Gasteiger partial charge in [0.2, 0.25) is 5.91 Å². The third-order valence-corrected chi connectivity index (χ3v) is 8.58. The number of nitrogens with one attached hydrogen (secondary N) is 1. The van der Waals surface area contributed by atoms with Crippen molar-refractivity contribution in [2.75, 3.05) is 13.1 Å². The van der Waals surface area contributed by atoms with E-state index in [2.05, 4.69) is 85.5 Å². The Balaban J connectivity index is 1.45. The number of aliphatic imine (C=N–C) groups is 1. The summed E-state index contributed by atoms with van der Waals surface area (Å²) in [6.45, 7) is 10.1. The second-order valence-electron chi connectivity index (χ2n) is 11.7. The van der Waals surface area contributed by atoms with Gasteiger partial charge in [-0.15, -0.1) is 0 Å². The molecule has 4 rings (SSSR count). The standard InChI is InChI=1S/C37H49N5O/c1-5-7-11-27(3)28(4)39-25-33(12-9-23-38)31-17-15-29(16-18-31)30-19-21-32(22-20-30)34-26-40-37(41-34)35-13-10-24-42(35)36(43)14-8-6-2/h6,8,15-22,25-27,35H,5,7,9-14,23-24,38H2,1-4H3,(H,40,41)/b8-6-,33-25+,39-28+. The molecule has 2 heterocycles. The molecule has 43 heavy (non-hydrogen) atoms. The lowest BCUT2D eigenvalue weighted by Gasteiger charge is -2.22. The maximum Gasteiger partial charge on any atom is 0.226 e. The summed E-state index contributed by atoms with van der Waals surface area (Å²) in [6.07, 6.45) is 15.7. The number of amides is 1. The second kappa shape index (κ2) is 16.2. The Morgan fingerprint density at radius 2 is 1.81 bits per heavy atom. The summed E-state index contributed by atoms with van der Waals surface area (Å²) < 4.78 is 0. The zero-order chi connectivity index (χ0) is 30.6. The van der Waals surface area contributed by atoms with Gasteiger partial charge in [0.25, 0.3) is 0 Å². The fourth-order valence-electron chi connectivity index (χ4n) is 5.66. The predicted octanol–water partition coefficient (Wildman–Crippen LogP) is 8.74. The maximum absolute atomic E-state index is 12.7. The first-order valence-electron chi connectivity index (χ1n) is 16.0. The van der Waals surface area contributed by atoms with Gasteiger partial charge in [-0.3, -0.25) is 9.79 Å². The molecular weight excluding hydrogens is 530 g/mol. The summed E-state index contributed by atoms with van der Waals surface area (Å²) in [5.41, 5.74) is 13.9. The monoisotopic (exact) mass is 579 g/mol. The van der Waals surface area contributed by atoms with Gasteiger partial charge in [0.15, 0.2) is 0 Å². The van der Waals surface area contributed by atoms with Gasteiger partial charge < -0.3 is 15.6 Å². The molecule has 1 saturated heterocycles. The molecule has 3 aromatic rings. The van der Waals surface area contributed by atoms with Gasteiger partial charge in [0.1, 0.15) is 5.82 Å². The van der Waals surface area contributed by atoms with Gasteiger partial charge in [-0.1, -0.05) is 87.4 Å². The lowest BCUT2D eigenvalue weighted by molar-refractivity contribution is -0.131. The van der Waals surface area contributed by atoms with Crippen molar-refractivity contribution in [2.45, 2.75) is 85.1 Å². The van der Waals surface area contributed by atoms with Crippen LogP contribution in [0.5, 0.6) is 0 Å². The molecule has 2 aromatic carbocycles. The fraction of sp³-hybridized carbons (Fsp3) is 0.432. The summed E-state index contributed by atoms with van der Waals surface area (Å²) >= 11 is 0. The zero-order valence-electron chi connectivity index (χ0n) is 26.5. The molecule has 0 saturated carbocycles. The lowest BCUT2D eigenvalue weighted by Crippen LogP contribution is -2.30. The van der Waals surface area contributed by atoms with Gasteiger partial charge in [-0.2, -0.15) is 0 Å². The maximum atomic E-state index is 12.7. The molecule has 0 aliphatic carbocycles.